The Kier molecular flexibility index (Phi) is 6.28. The summed E-state index contributed by atoms with van der Waals surface area (Å²) in [6.45, 7) is 7.28. The molecule has 7 nitrogen and oxygen atoms in total. The number of hydrogen-bond acceptors (Lipinski definition) is 5. The number of rotatable bonds is 7. The van der Waals surface area contributed by atoms with Crippen molar-refractivity contribution in [3.63, 3.8) is 0 Å². The lowest BCUT2D eigenvalue weighted by atomic mass is 9.89. The van der Waals surface area contributed by atoms with Gasteiger partial charge in [0.2, 0.25) is 0 Å². The molecule has 0 saturated carbocycles. The molecule has 1 aromatic carbocycles. The maximum Gasteiger partial charge on any atom is 0.408 e. The summed E-state index contributed by atoms with van der Waals surface area (Å²) in [6, 6.07) is 7.01. The van der Waals surface area contributed by atoms with E-state index >= 15 is 0 Å². The van der Waals surface area contributed by atoms with Crippen molar-refractivity contribution in [1.82, 2.24) is 15.6 Å². The van der Waals surface area contributed by atoms with Gasteiger partial charge in [0.15, 0.2) is 5.78 Å². The highest BCUT2D eigenvalue weighted by Crippen LogP contribution is 2.20. The molecule has 0 bridgehead atoms. The Morgan fingerprint density at radius 2 is 1.89 bits per heavy atom. The van der Waals surface area contributed by atoms with Crippen molar-refractivity contribution in [3.05, 3.63) is 36.0 Å². The first-order chi connectivity index (χ1) is 12.5. The number of nitrogens with two attached hydrogens (primary N) is 1. The van der Waals surface area contributed by atoms with Crippen molar-refractivity contribution < 1.29 is 14.3 Å². The molecule has 1 aromatic heterocycles. The van der Waals surface area contributed by atoms with Gasteiger partial charge in [-0.25, -0.2) is 4.79 Å². The summed E-state index contributed by atoms with van der Waals surface area (Å²) in [4.78, 5) is 28.6. The summed E-state index contributed by atoms with van der Waals surface area (Å²) < 4.78 is 5.33. The Morgan fingerprint density at radius 3 is 2.52 bits per heavy atom. The maximum atomic E-state index is 13.1. The Hall–Kier alpha value is -2.38. The zero-order chi connectivity index (χ0) is 20.2. The van der Waals surface area contributed by atoms with Crippen LogP contribution in [0.1, 0.15) is 33.3 Å². The largest absolute Gasteiger partial charge is 0.444 e. The number of hydrogen-bond donors (Lipinski definition) is 4. The second-order valence-corrected chi connectivity index (χ2v) is 8.07. The summed E-state index contributed by atoms with van der Waals surface area (Å²) in [6.07, 6.45) is 1.53. The van der Waals surface area contributed by atoms with Gasteiger partial charge in [0.05, 0.1) is 11.6 Å². The Labute approximate surface area is 160 Å². The molecule has 0 saturated heterocycles. The smallest absolute Gasteiger partial charge is 0.408 e. The van der Waals surface area contributed by atoms with Crippen LogP contribution in [0.2, 0.25) is 0 Å². The van der Waals surface area contributed by atoms with Gasteiger partial charge in [-0.3, -0.25) is 4.79 Å². The van der Waals surface area contributed by atoms with Gasteiger partial charge >= 0.3 is 6.09 Å². The molecule has 0 aliphatic heterocycles. The lowest BCUT2D eigenvalue weighted by Gasteiger charge is -2.29. The first-order valence-corrected chi connectivity index (χ1v) is 9.06. The number of alkyl carbamates (subject to hydrolysis) is 1. The Morgan fingerprint density at radius 1 is 1.22 bits per heavy atom. The minimum absolute atomic E-state index is 0.256. The number of carbonyl (C=O) groups excluding carboxylic acids is 2. The first-order valence-electron chi connectivity index (χ1n) is 9.06. The number of aromatic amines is 1. The third-order valence-corrected chi connectivity index (χ3v) is 4.21. The summed E-state index contributed by atoms with van der Waals surface area (Å²) in [5.41, 5.74) is 6.33. The summed E-state index contributed by atoms with van der Waals surface area (Å²) in [5.74, 6) is -0.256. The third-order valence-electron chi connectivity index (χ3n) is 4.21. The monoisotopic (exact) mass is 374 g/mol. The number of fused-ring (bicyclic) bond motifs is 1. The van der Waals surface area contributed by atoms with E-state index in [1.807, 2.05) is 30.5 Å². The zero-order valence-electron chi connectivity index (χ0n) is 16.7. The molecule has 2 aromatic rings. The number of amides is 1. The Balaban J connectivity index is 2.28. The Bertz CT molecular complexity index is 805. The highest BCUT2D eigenvalue weighted by Gasteiger charge is 2.36. The van der Waals surface area contributed by atoms with E-state index in [-0.39, 0.29) is 5.78 Å². The van der Waals surface area contributed by atoms with Crippen LogP contribution in [0, 0.1) is 0 Å². The molecule has 0 radical (unpaired) electrons. The van der Waals surface area contributed by atoms with Crippen molar-refractivity contribution in [1.29, 1.82) is 0 Å². The fourth-order valence-electron chi connectivity index (χ4n) is 3.03. The molecule has 7 heteroatoms. The molecular weight excluding hydrogens is 344 g/mol. The van der Waals surface area contributed by atoms with Gasteiger partial charge in [0.1, 0.15) is 5.60 Å². The summed E-state index contributed by atoms with van der Waals surface area (Å²) in [5, 5.41) is 6.64. The number of ketones is 1. The zero-order valence-corrected chi connectivity index (χ0v) is 16.7. The predicted molar refractivity (Wildman–Crippen MR) is 107 cm³/mol. The number of H-pyrrole nitrogens is 1. The van der Waals surface area contributed by atoms with Crippen LogP contribution in [0.3, 0.4) is 0 Å². The second kappa shape index (κ2) is 8.10. The van der Waals surface area contributed by atoms with Gasteiger partial charge in [-0.1, -0.05) is 18.2 Å². The van der Waals surface area contributed by atoms with Crippen molar-refractivity contribution in [2.24, 2.45) is 5.73 Å². The minimum atomic E-state index is -1.12. The van der Waals surface area contributed by atoms with Crippen LogP contribution in [0.25, 0.3) is 10.9 Å². The summed E-state index contributed by atoms with van der Waals surface area (Å²) in [7, 11) is 1.73. The van der Waals surface area contributed by atoms with E-state index < -0.39 is 23.3 Å². The second-order valence-electron chi connectivity index (χ2n) is 8.07. The molecule has 0 aliphatic rings. The van der Waals surface area contributed by atoms with Crippen molar-refractivity contribution in [2.75, 3.05) is 13.6 Å². The van der Waals surface area contributed by atoms with E-state index in [4.69, 9.17) is 10.5 Å². The van der Waals surface area contributed by atoms with E-state index in [9.17, 15) is 9.59 Å². The van der Waals surface area contributed by atoms with Crippen LogP contribution in [0.15, 0.2) is 30.5 Å². The van der Waals surface area contributed by atoms with Crippen LogP contribution >= 0.6 is 0 Å². The molecule has 5 N–H and O–H groups in total. The third kappa shape index (κ3) is 5.55. The lowest BCUT2D eigenvalue weighted by molar-refractivity contribution is -0.125. The number of para-hydroxylation sites is 1. The molecule has 1 unspecified atom stereocenters. The molecule has 0 aliphatic carbocycles. The molecule has 1 amide bonds. The molecular formula is C20H30N4O3. The topological polar surface area (TPSA) is 109 Å². The van der Waals surface area contributed by atoms with Gasteiger partial charge in [-0.15, -0.1) is 0 Å². The quantitative estimate of drug-likeness (QED) is 0.593. The number of Topliss-reactive ketones (excluding diaryl/α,β-unsaturated/α-hetero) is 1. The molecule has 2 atom stereocenters. The minimum Gasteiger partial charge on any atom is -0.444 e. The summed E-state index contributed by atoms with van der Waals surface area (Å²) >= 11 is 0. The molecule has 27 heavy (non-hydrogen) atoms. The van der Waals surface area contributed by atoms with E-state index in [0.29, 0.717) is 13.0 Å². The van der Waals surface area contributed by atoms with Crippen LogP contribution in [-0.2, 0) is 16.0 Å². The lowest BCUT2D eigenvalue weighted by Crippen LogP contribution is -2.60. The fraction of sp³-hybridized carbons (Fsp3) is 0.500. The standard InChI is InChI=1S/C20H30N4O3/c1-19(2,3)27-18(26)24-16(17(25)20(4,21)12-22-5)10-13-11-23-15-9-7-6-8-14(13)15/h6-9,11,16,22-23H,10,12,21H2,1-5H3,(H,24,26)/t16-,20?/m0/s1. The molecule has 2 rings (SSSR count). The van der Waals surface area contributed by atoms with Crippen LogP contribution in [-0.4, -0.2) is 47.6 Å². The van der Waals surface area contributed by atoms with Crippen LogP contribution in [0.5, 0.6) is 0 Å². The number of likely N-dealkylation sites (N-methyl/N-ethyl adjacent to an activating group) is 1. The maximum absolute atomic E-state index is 13.1. The first kappa shape index (κ1) is 20.9. The fourth-order valence-corrected chi connectivity index (χ4v) is 3.03. The number of benzene rings is 1. The predicted octanol–water partition coefficient (Wildman–Crippen LogP) is 2.11. The van der Waals surface area contributed by atoms with Crippen molar-refractivity contribution >= 4 is 22.8 Å². The van der Waals surface area contributed by atoms with Gasteiger partial charge in [0, 0.05) is 30.1 Å². The number of carbonyl (C=O) groups is 2. The van der Waals surface area contributed by atoms with Crippen LogP contribution < -0.4 is 16.4 Å². The number of nitrogens with one attached hydrogen (secondary N) is 3. The highest BCUT2D eigenvalue weighted by molar-refractivity contribution is 5.95. The van der Waals surface area contributed by atoms with Crippen molar-refractivity contribution in [2.45, 2.75) is 51.3 Å². The van der Waals surface area contributed by atoms with E-state index in [1.165, 1.54) is 0 Å². The van der Waals surface area contributed by atoms with Gasteiger partial charge in [-0.2, -0.15) is 0 Å². The highest BCUT2D eigenvalue weighted by atomic mass is 16.6. The molecule has 0 spiro atoms. The average molecular weight is 374 g/mol. The van der Waals surface area contributed by atoms with Crippen LogP contribution in [0.4, 0.5) is 4.79 Å². The normalized spacial score (nSPS) is 15.2. The number of aromatic nitrogens is 1. The van der Waals surface area contributed by atoms with E-state index in [2.05, 4.69) is 15.6 Å². The van der Waals surface area contributed by atoms with Gasteiger partial charge in [-0.05, 0) is 46.4 Å². The molecule has 148 valence electrons. The van der Waals surface area contributed by atoms with Gasteiger partial charge < -0.3 is 26.1 Å². The van der Waals surface area contributed by atoms with Gasteiger partial charge in [0.25, 0.3) is 0 Å². The average Bonchev–Trinajstić information content (AvgIpc) is 2.95. The SMILES string of the molecule is CNCC(C)(N)C(=O)[C@H](Cc1c[nH]c2ccccc12)NC(=O)OC(C)(C)C. The number of ether oxygens (including phenoxy) is 1. The van der Waals surface area contributed by atoms with E-state index in [1.54, 1.807) is 34.7 Å². The van der Waals surface area contributed by atoms with Crippen molar-refractivity contribution in [3.8, 4) is 0 Å². The molecule has 1 heterocycles. The molecule has 0 fully saturated rings. The van der Waals surface area contributed by atoms with E-state index in [0.717, 1.165) is 16.5 Å².